The third kappa shape index (κ3) is 4.90. The summed E-state index contributed by atoms with van der Waals surface area (Å²) in [7, 11) is 0. The van der Waals surface area contributed by atoms with Crippen LogP contribution in [0.4, 0.5) is 0 Å². The van der Waals surface area contributed by atoms with Crippen LogP contribution in [0.25, 0.3) is 10.9 Å². The van der Waals surface area contributed by atoms with Crippen molar-refractivity contribution in [2.45, 2.75) is 77.8 Å². The van der Waals surface area contributed by atoms with E-state index < -0.39 is 0 Å². The Kier molecular flexibility index (Phi) is 7.61. The van der Waals surface area contributed by atoms with Gasteiger partial charge in [0, 0.05) is 39.1 Å². The molecular weight excluding hydrogens is 400 g/mol. The zero-order valence-electron chi connectivity index (χ0n) is 19.8. The molecule has 2 aromatic rings. The number of carbonyl (C=O) groups is 1. The predicted molar refractivity (Wildman–Crippen MR) is 129 cm³/mol. The number of benzene rings is 1. The highest BCUT2D eigenvalue weighted by Crippen LogP contribution is 2.29. The van der Waals surface area contributed by atoms with E-state index in [0.29, 0.717) is 24.3 Å². The molecular formula is C26H38N4O2. The Morgan fingerprint density at radius 2 is 1.81 bits per heavy atom. The van der Waals surface area contributed by atoms with E-state index >= 15 is 0 Å². The summed E-state index contributed by atoms with van der Waals surface area (Å²) in [5, 5.41) is 0.692. The third-order valence-electron chi connectivity index (χ3n) is 7.37. The third-order valence-corrected chi connectivity index (χ3v) is 7.37. The van der Waals surface area contributed by atoms with Gasteiger partial charge in [0.1, 0.15) is 5.82 Å². The monoisotopic (exact) mass is 438 g/mol. The van der Waals surface area contributed by atoms with Crippen molar-refractivity contribution in [3.8, 4) is 0 Å². The molecule has 6 heteroatoms. The summed E-state index contributed by atoms with van der Waals surface area (Å²) < 4.78 is 1.88. The van der Waals surface area contributed by atoms with Crippen LogP contribution in [0.3, 0.4) is 0 Å². The molecule has 1 saturated heterocycles. The van der Waals surface area contributed by atoms with Gasteiger partial charge in [0.25, 0.3) is 5.56 Å². The Labute approximate surface area is 191 Å². The number of rotatable bonds is 8. The average molecular weight is 439 g/mol. The molecule has 2 heterocycles. The van der Waals surface area contributed by atoms with E-state index in [4.69, 9.17) is 4.98 Å². The van der Waals surface area contributed by atoms with Gasteiger partial charge in [-0.05, 0) is 37.3 Å². The predicted octanol–water partition coefficient (Wildman–Crippen LogP) is 4.37. The Hall–Kier alpha value is -2.21. The van der Waals surface area contributed by atoms with Crippen LogP contribution in [0.2, 0.25) is 0 Å². The van der Waals surface area contributed by atoms with Crippen molar-refractivity contribution in [1.82, 2.24) is 19.4 Å². The molecule has 6 nitrogen and oxygen atoms in total. The maximum Gasteiger partial charge on any atom is 0.261 e. The first-order chi connectivity index (χ1) is 15.6. The molecule has 1 aliphatic carbocycles. The molecule has 0 bridgehead atoms. The van der Waals surface area contributed by atoms with Crippen molar-refractivity contribution in [3.63, 3.8) is 0 Å². The van der Waals surface area contributed by atoms with Gasteiger partial charge in [0.05, 0.1) is 16.9 Å². The van der Waals surface area contributed by atoms with Crippen molar-refractivity contribution in [2.75, 3.05) is 26.2 Å². The largest absolute Gasteiger partial charge is 0.340 e. The number of fused-ring (bicyclic) bond motifs is 1. The normalized spacial score (nSPS) is 19.0. The van der Waals surface area contributed by atoms with Gasteiger partial charge in [-0.3, -0.25) is 19.1 Å². The topological polar surface area (TPSA) is 58.4 Å². The van der Waals surface area contributed by atoms with Crippen molar-refractivity contribution < 1.29 is 4.79 Å². The van der Waals surface area contributed by atoms with Gasteiger partial charge in [-0.2, -0.15) is 0 Å². The SMILES string of the molecule is CCCn1c(C(CC)N2CCN(C(=O)CCC3CCCC3)CC2)nc2ccccc2c1=O. The minimum Gasteiger partial charge on any atom is -0.340 e. The second kappa shape index (κ2) is 10.6. The molecule has 0 N–H and O–H groups in total. The summed E-state index contributed by atoms with van der Waals surface area (Å²) in [6.07, 6.45) is 8.82. The number of amides is 1. The lowest BCUT2D eigenvalue weighted by Gasteiger charge is -2.39. The van der Waals surface area contributed by atoms with Crippen LogP contribution in [-0.2, 0) is 11.3 Å². The Morgan fingerprint density at radius 3 is 2.50 bits per heavy atom. The van der Waals surface area contributed by atoms with Crippen LogP contribution in [0.15, 0.2) is 29.1 Å². The van der Waals surface area contributed by atoms with Gasteiger partial charge in [0.2, 0.25) is 5.91 Å². The second-order valence-corrected chi connectivity index (χ2v) is 9.47. The van der Waals surface area contributed by atoms with Crippen molar-refractivity contribution in [3.05, 3.63) is 40.4 Å². The molecule has 1 saturated carbocycles. The standard InChI is InChI=1S/C26H38N4O2/c1-3-15-30-25(27-22-12-8-7-11-21(22)26(30)32)23(4-2)28-16-18-29(19-17-28)24(31)14-13-20-9-5-6-10-20/h7-8,11-12,20,23H,3-6,9-10,13-19H2,1-2H3. The molecule has 1 aromatic heterocycles. The number of hydrogen-bond donors (Lipinski definition) is 0. The maximum atomic E-state index is 13.2. The first-order valence-corrected chi connectivity index (χ1v) is 12.6. The summed E-state index contributed by atoms with van der Waals surface area (Å²) in [5.41, 5.74) is 0.839. The fraction of sp³-hybridized carbons (Fsp3) is 0.654. The molecule has 32 heavy (non-hydrogen) atoms. The molecule has 4 rings (SSSR count). The van der Waals surface area contributed by atoms with Crippen LogP contribution in [-0.4, -0.2) is 51.4 Å². The summed E-state index contributed by atoms with van der Waals surface area (Å²) >= 11 is 0. The van der Waals surface area contributed by atoms with Gasteiger partial charge in [-0.1, -0.05) is 51.7 Å². The number of nitrogens with zero attached hydrogens (tertiary/aromatic N) is 4. The zero-order valence-corrected chi connectivity index (χ0v) is 19.8. The Balaban J connectivity index is 1.46. The van der Waals surface area contributed by atoms with Crippen molar-refractivity contribution in [2.24, 2.45) is 5.92 Å². The van der Waals surface area contributed by atoms with E-state index in [-0.39, 0.29) is 11.6 Å². The lowest BCUT2D eigenvalue weighted by molar-refractivity contribution is -0.133. The van der Waals surface area contributed by atoms with E-state index in [1.165, 1.54) is 25.7 Å². The van der Waals surface area contributed by atoms with E-state index in [1.54, 1.807) is 0 Å². The Morgan fingerprint density at radius 1 is 1.09 bits per heavy atom. The quantitative estimate of drug-likeness (QED) is 0.614. The fourth-order valence-electron chi connectivity index (χ4n) is 5.55. The number of carbonyl (C=O) groups excluding carboxylic acids is 1. The first-order valence-electron chi connectivity index (χ1n) is 12.6. The van der Waals surface area contributed by atoms with Crippen LogP contribution < -0.4 is 5.56 Å². The highest BCUT2D eigenvalue weighted by Gasteiger charge is 2.29. The van der Waals surface area contributed by atoms with Gasteiger partial charge in [0.15, 0.2) is 0 Å². The van der Waals surface area contributed by atoms with E-state index in [2.05, 4.69) is 18.7 Å². The molecule has 1 atom stereocenters. The van der Waals surface area contributed by atoms with Crippen LogP contribution >= 0.6 is 0 Å². The summed E-state index contributed by atoms with van der Waals surface area (Å²) in [6, 6.07) is 7.75. The van der Waals surface area contributed by atoms with Crippen molar-refractivity contribution in [1.29, 1.82) is 0 Å². The van der Waals surface area contributed by atoms with Crippen LogP contribution in [0, 0.1) is 5.92 Å². The minimum atomic E-state index is 0.0617. The van der Waals surface area contributed by atoms with Gasteiger partial charge < -0.3 is 4.90 Å². The molecule has 1 aliphatic heterocycles. The number of hydrogen-bond acceptors (Lipinski definition) is 4. The second-order valence-electron chi connectivity index (χ2n) is 9.47. The summed E-state index contributed by atoms with van der Waals surface area (Å²) in [5.74, 6) is 1.95. The lowest BCUT2D eigenvalue weighted by Crippen LogP contribution is -2.50. The van der Waals surface area contributed by atoms with E-state index in [9.17, 15) is 9.59 Å². The lowest BCUT2D eigenvalue weighted by atomic mass is 10.0. The van der Waals surface area contributed by atoms with Gasteiger partial charge in [-0.25, -0.2) is 4.98 Å². The summed E-state index contributed by atoms with van der Waals surface area (Å²) in [4.78, 5) is 35.4. The van der Waals surface area contributed by atoms with Crippen molar-refractivity contribution >= 4 is 16.8 Å². The highest BCUT2D eigenvalue weighted by atomic mass is 16.2. The van der Waals surface area contributed by atoms with Gasteiger partial charge >= 0.3 is 0 Å². The smallest absolute Gasteiger partial charge is 0.261 e. The molecule has 0 spiro atoms. The molecule has 2 fully saturated rings. The number of para-hydroxylation sites is 1. The molecule has 2 aliphatic rings. The summed E-state index contributed by atoms with van der Waals surface area (Å²) in [6.45, 7) is 8.16. The first kappa shape index (κ1) is 23.0. The molecule has 1 unspecified atom stereocenters. The molecule has 1 amide bonds. The van der Waals surface area contributed by atoms with Gasteiger partial charge in [-0.15, -0.1) is 0 Å². The average Bonchev–Trinajstić information content (AvgIpc) is 3.34. The van der Waals surface area contributed by atoms with E-state index in [1.807, 2.05) is 33.7 Å². The highest BCUT2D eigenvalue weighted by molar-refractivity contribution is 5.77. The number of aromatic nitrogens is 2. The van der Waals surface area contributed by atoms with E-state index in [0.717, 1.165) is 62.7 Å². The van der Waals surface area contributed by atoms with Crippen LogP contribution in [0.5, 0.6) is 0 Å². The zero-order chi connectivity index (χ0) is 22.5. The number of piperazine rings is 1. The Bertz CT molecular complexity index is 971. The minimum absolute atomic E-state index is 0.0617. The fourth-order valence-corrected chi connectivity index (χ4v) is 5.55. The maximum absolute atomic E-state index is 13.2. The molecule has 174 valence electrons. The molecule has 1 aromatic carbocycles. The molecule has 0 radical (unpaired) electrons. The van der Waals surface area contributed by atoms with Crippen LogP contribution in [0.1, 0.15) is 77.1 Å².